The minimum atomic E-state index is -0.798. The second-order valence-corrected chi connectivity index (χ2v) is 12.2. The molecule has 48 heavy (non-hydrogen) atoms. The number of nitrogens with one attached hydrogen (secondary N) is 3. The summed E-state index contributed by atoms with van der Waals surface area (Å²) in [6.45, 7) is 2.84. The maximum Gasteiger partial charge on any atom is 0.254 e. The molecule has 252 valence electrons. The number of carbonyl (C=O) groups excluding carboxylic acids is 3. The van der Waals surface area contributed by atoms with Crippen LogP contribution in [0.25, 0.3) is 22.5 Å². The van der Waals surface area contributed by atoms with Gasteiger partial charge in [0.05, 0.1) is 13.2 Å². The molecule has 1 aliphatic carbocycles. The average molecular weight is 673 g/mol. The van der Waals surface area contributed by atoms with E-state index in [4.69, 9.17) is 10.5 Å². The average Bonchev–Trinajstić information content (AvgIpc) is 3.67. The van der Waals surface area contributed by atoms with E-state index in [1.54, 1.807) is 24.3 Å². The number of H-pyrrole nitrogens is 1. The molecule has 0 spiro atoms. The first-order chi connectivity index (χ1) is 23.0. The Labute approximate surface area is 285 Å². The van der Waals surface area contributed by atoms with Crippen LogP contribution in [0.5, 0.6) is 0 Å². The molecule has 5 N–H and O–H groups in total. The van der Waals surface area contributed by atoms with Gasteiger partial charge in [0.1, 0.15) is 6.04 Å². The zero-order chi connectivity index (χ0) is 32.6. The van der Waals surface area contributed by atoms with Crippen LogP contribution in [0.3, 0.4) is 0 Å². The minimum absolute atomic E-state index is 0. The van der Waals surface area contributed by atoms with Crippen molar-refractivity contribution in [2.24, 2.45) is 17.6 Å². The fourth-order valence-corrected chi connectivity index (χ4v) is 6.29. The van der Waals surface area contributed by atoms with E-state index in [9.17, 15) is 14.4 Å². The number of anilines is 1. The number of amides is 3. The number of nitrogens with two attached hydrogens (primary N) is 1. The van der Waals surface area contributed by atoms with Gasteiger partial charge in [0, 0.05) is 42.2 Å². The molecule has 0 unspecified atom stereocenters. The van der Waals surface area contributed by atoms with Crippen molar-refractivity contribution in [1.82, 2.24) is 30.8 Å². The van der Waals surface area contributed by atoms with E-state index in [2.05, 4.69) is 31.3 Å². The van der Waals surface area contributed by atoms with Gasteiger partial charge < -0.3 is 26.0 Å². The van der Waals surface area contributed by atoms with Gasteiger partial charge >= 0.3 is 0 Å². The summed E-state index contributed by atoms with van der Waals surface area (Å²) in [5, 5.41) is 20.0. The molecule has 1 saturated carbocycles. The number of carbonyl (C=O) groups is 3. The van der Waals surface area contributed by atoms with E-state index in [-0.39, 0.29) is 36.0 Å². The van der Waals surface area contributed by atoms with Crippen molar-refractivity contribution in [3.8, 4) is 22.5 Å². The number of nitrogens with zero attached hydrogens (tertiary/aromatic N) is 4. The first kappa shape index (κ1) is 34.7. The third kappa shape index (κ3) is 8.43. The van der Waals surface area contributed by atoms with Gasteiger partial charge in [0.2, 0.25) is 17.6 Å². The monoisotopic (exact) mass is 672 g/mol. The van der Waals surface area contributed by atoms with E-state index in [1.165, 1.54) is 0 Å². The molecular weight excluding hydrogens is 632 g/mol. The number of aromatic nitrogens is 4. The number of halogens is 1. The Bertz CT molecular complexity index is 1650. The van der Waals surface area contributed by atoms with Crippen molar-refractivity contribution in [2.75, 3.05) is 38.2 Å². The maximum atomic E-state index is 13.7. The lowest BCUT2D eigenvalue weighted by Gasteiger charge is -2.28. The Hall–Kier alpha value is -4.65. The summed E-state index contributed by atoms with van der Waals surface area (Å²) in [4.78, 5) is 42.3. The molecule has 3 aromatic carbocycles. The second kappa shape index (κ2) is 16.4. The van der Waals surface area contributed by atoms with Crippen LogP contribution in [0.15, 0.2) is 72.8 Å². The summed E-state index contributed by atoms with van der Waals surface area (Å²) >= 11 is 0. The van der Waals surface area contributed by atoms with Gasteiger partial charge in [-0.15, -0.1) is 22.6 Å². The molecule has 6 rings (SSSR count). The van der Waals surface area contributed by atoms with Gasteiger partial charge in [-0.3, -0.25) is 14.4 Å². The van der Waals surface area contributed by atoms with E-state index >= 15 is 0 Å². The molecule has 1 saturated heterocycles. The highest BCUT2D eigenvalue weighted by Crippen LogP contribution is 2.29. The number of morpholine rings is 1. The lowest BCUT2D eigenvalue weighted by atomic mass is 9.81. The van der Waals surface area contributed by atoms with E-state index in [0.29, 0.717) is 62.3 Å². The number of hydrogen-bond acceptors (Lipinski definition) is 8. The van der Waals surface area contributed by atoms with Gasteiger partial charge in [0.15, 0.2) is 0 Å². The largest absolute Gasteiger partial charge is 0.378 e. The number of aromatic amines is 1. The summed E-state index contributed by atoms with van der Waals surface area (Å²) in [7, 11) is 0. The van der Waals surface area contributed by atoms with Gasteiger partial charge in [-0.2, -0.15) is 5.21 Å². The Morgan fingerprint density at radius 2 is 1.60 bits per heavy atom. The highest BCUT2D eigenvalue weighted by Gasteiger charge is 2.29. The molecule has 13 heteroatoms. The van der Waals surface area contributed by atoms with Gasteiger partial charge in [-0.1, -0.05) is 42.5 Å². The van der Waals surface area contributed by atoms with Crippen LogP contribution < -0.4 is 16.4 Å². The molecule has 0 bridgehead atoms. The molecule has 2 fully saturated rings. The third-order valence-corrected chi connectivity index (χ3v) is 9.10. The minimum Gasteiger partial charge on any atom is -0.378 e. The number of ether oxygens (including phenoxy) is 1. The molecular formula is C35H41ClN8O4. The summed E-state index contributed by atoms with van der Waals surface area (Å²) in [6.07, 6.45) is 3.64. The van der Waals surface area contributed by atoms with Gasteiger partial charge in [-0.05, 0) is 90.4 Å². The zero-order valence-corrected chi connectivity index (χ0v) is 27.5. The standard InChI is InChI=1S/C35H40N8O4.ClH/c36-22-24-7-11-27(12-8-24)33(44)38-31(34(45)37-28-15-13-26(14-16-28)32-39-41-42-40-32)21-23-5-9-25(10-6-23)29-3-1-2-4-30(29)35(46)43-17-19-47-20-18-43;/h1-6,9-10,13-16,24,27,31H,7-8,11-12,17-22,36H2,(H,37,45)(H,38,44)(H,39,40,41,42);1H/t24-,27-,31-;/m0./s1. The van der Waals surface area contributed by atoms with Gasteiger partial charge in [0.25, 0.3) is 5.91 Å². The molecule has 2 heterocycles. The molecule has 1 aliphatic heterocycles. The third-order valence-electron chi connectivity index (χ3n) is 9.10. The topological polar surface area (TPSA) is 168 Å². The second-order valence-electron chi connectivity index (χ2n) is 12.2. The van der Waals surface area contributed by atoms with Crippen molar-refractivity contribution >= 4 is 35.8 Å². The fraction of sp³-hybridized carbons (Fsp3) is 0.371. The predicted molar refractivity (Wildman–Crippen MR) is 184 cm³/mol. The quantitative estimate of drug-likeness (QED) is 0.197. The summed E-state index contributed by atoms with van der Waals surface area (Å²) in [5.74, 6) is 0.311. The SMILES string of the molecule is Cl.NC[C@H]1CC[C@H](C(=O)N[C@@H](Cc2ccc(-c3ccccc3C(=O)N3CCOCC3)cc2)C(=O)Nc2ccc(-c3nn[nH]n3)cc2)CC1. The van der Waals surface area contributed by atoms with Gasteiger partial charge in [-0.25, -0.2) is 0 Å². The molecule has 2 aliphatic rings. The van der Waals surface area contributed by atoms with E-state index < -0.39 is 6.04 Å². The first-order valence-electron chi connectivity index (χ1n) is 16.2. The lowest BCUT2D eigenvalue weighted by molar-refractivity contribution is -0.130. The van der Waals surface area contributed by atoms with Crippen LogP contribution in [0.2, 0.25) is 0 Å². The Balaban J connectivity index is 0.00000451. The van der Waals surface area contributed by atoms with Crippen molar-refractivity contribution in [3.05, 3.63) is 83.9 Å². The maximum absolute atomic E-state index is 13.7. The van der Waals surface area contributed by atoms with Crippen molar-refractivity contribution in [3.63, 3.8) is 0 Å². The van der Waals surface area contributed by atoms with Crippen LogP contribution in [-0.2, 0) is 20.7 Å². The highest BCUT2D eigenvalue weighted by atomic mass is 35.5. The van der Waals surface area contributed by atoms with Crippen LogP contribution in [0.1, 0.15) is 41.6 Å². The van der Waals surface area contributed by atoms with E-state index in [0.717, 1.165) is 47.9 Å². The Morgan fingerprint density at radius 3 is 2.27 bits per heavy atom. The van der Waals surface area contributed by atoms with Crippen molar-refractivity contribution in [1.29, 1.82) is 0 Å². The number of benzene rings is 3. The predicted octanol–water partition coefficient (Wildman–Crippen LogP) is 3.86. The van der Waals surface area contributed by atoms with Crippen LogP contribution in [0, 0.1) is 11.8 Å². The highest BCUT2D eigenvalue weighted by molar-refractivity contribution is 6.01. The molecule has 1 aromatic heterocycles. The lowest BCUT2D eigenvalue weighted by Crippen LogP contribution is -2.48. The first-order valence-corrected chi connectivity index (χ1v) is 16.2. The van der Waals surface area contributed by atoms with E-state index in [1.807, 2.05) is 53.4 Å². The molecule has 4 aromatic rings. The molecule has 1 atom stereocenters. The number of tetrazole rings is 1. The summed E-state index contributed by atoms with van der Waals surface area (Å²) in [5.41, 5.74) is 10.5. The van der Waals surface area contributed by atoms with Crippen LogP contribution >= 0.6 is 12.4 Å². The Kier molecular flexibility index (Phi) is 11.9. The fourth-order valence-electron chi connectivity index (χ4n) is 6.29. The van der Waals surface area contributed by atoms with Crippen LogP contribution in [-0.4, -0.2) is 82.1 Å². The van der Waals surface area contributed by atoms with Crippen molar-refractivity contribution in [2.45, 2.75) is 38.1 Å². The van der Waals surface area contributed by atoms with Crippen molar-refractivity contribution < 1.29 is 19.1 Å². The summed E-state index contributed by atoms with van der Waals surface area (Å²) in [6, 6.07) is 21.7. The molecule has 3 amide bonds. The Morgan fingerprint density at radius 1 is 0.917 bits per heavy atom. The zero-order valence-electron chi connectivity index (χ0n) is 26.6. The number of rotatable bonds is 10. The summed E-state index contributed by atoms with van der Waals surface area (Å²) < 4.78 is 5.42. The molecule has 0 radical (unpaired) electrons. The molecule has 12 nitrogen and oxygen atoms in total. The van der Waals surface area contributed by atoms with Crippen LogP contribution in [0.4, 0.5) is 5.69 Å². The smallest absolute Gasteiger partial charge is 0.254 e. The normalized spacial score (nSPS) is 18.3. The number of hydrogen-bond donors (Lipinski definition) is 4.